The quantitative estimate of drug-likeness (QED) is 0.777. The number of hydrogen-bond acceptors (Lipinski definition) is 5. The van der Waals surface area contributed by atoms with Crippen LogP contribution in [0.25, 0.3) is 10.1 Å². The lowest BCUT2D eigenvalue weighted by Crippen LogP contribution is -2.22. The van der Waals surface area contributed by atoms with E-state index in [1.54, 1.807) is 17.5 Å². The molecule has 21 heavy (non-hydrogen) atoms. The number of nitrogen functional groups attached to an aromatic ring is 1. The van der Waals surface area contributed by atoms with Gasteiger partial charge in [-0.3, -0.25) is 4.79 Å². The molecular weight excluding hydrogens is 302 g/mol. The minimum Gasteiger partial charge on any atom is -0.397 e. The molecular formula is C15H15N3OS2. The summed E-state index contributed by atoms with van der Waals surface area (Å²) in [5, 5.41) is 4.86. The van der Waals surface area contributed by atoms with Gasteiger partial charge in [-0.1, -0.05) is 11.6 Å². The topological polar surface area (TPSA) is 68.0 Å². The number of fused-ring (bicyclic) bond motifs is 1. The number of hydrogen-bond donors (Lipinski definition) is 2. The molecule has 0 bridgehead atoms. The standard InChI is InChI=1S/C15H15N3OS2/c1-8-3-4-12-11(5-8)13(16)14(21-12)15(19)18-7-10-6-17-9(2)20-10/h3-6H,7,16H2,1-2H3,(H,18,19). The number of benzene rings is 1. The Morgan fingerprint density at radius 1 is 1.33 bits per heavy atom. The van der Waals surface area contributed by atoms with Gasteiger partial charge in [-0.05, 0) is 26.0 Å². The number of rotatable bonds is 3. The van der Waals surface area contributed by atoms with Crippen LogP contribution >= 0.6 is 22.7 Å². The molecule has 0 atom stereocenters. The highest BCUT2D eigenvalue weighted by atomic mass is 32.1. The van der Waals surface area contributed by atoms with Gasteiger partial charge in [0.1, 0.15) is 4.88 Å². The third-order valence-electron chi connectivity index (χ3n) is 3.18. The van der Waals surface area contributed by atoms with Crippen molar-refractivity contribution in [3.8, 4) is 0 Å². The van der Waals surface area contributed by atoms with E-state index in [0.29, 0.717) is 17.1 Å². The van der Waals surface area contributed by atoms with Crippen LogP contribution in [0, 0.1) is 13.8 Å². The predicted molar refractivity (Wildman–Crippen MR) is 89.0 cm³/mol. The van der Waals surface area contributed by atoms with Crippen molar-refractivity contribution in [2.75, 3.05) is 5.73 Å². The normalized spacial score (nSPS) is 11.0. The van der Waals surface area contributed by atoms with Gasteiger partial charge in [-0.2, -0.15) is 0 Å². The number of aromatic nitrogens is 1. The van der Waals surface area contributed by atoms with E-state index in [2.05, 4.69) is 10.3 Å². The Bertz CT molecular complexity index is 820. The molecule has 6 heteroatoms. The van der Waals surface area contributed by atoms with E-state index in [0.717, 1.165) is 25.5 Å². The Balaban J connectivity index is 1.82. The minimum absolute atomic E-state index is 0.127. The Kier molecular flexibility index (Phi) is 3.65. The molecule has 3 rings (SSSR count). The molecule has 4 nitrogen and oxygen atoms in total. The number of nitrogens with zero attached hydrogens (tertiary/aromatic N) is 1. The first kappa shape index (κ1) is 14.0. The van der Waals surface area contributed by atoms with Gasteiger partial charge in [0.2, 0.25) is 0 Å². The van der Waals surface area contributed by atoms with Gasteiger partial charge in [-0.25, -0.2) is 4.98 Å². The van der Waals surface area contributed by atoms with Crippen molar-refractivity contribution in [1.29, 1.82) is 0 Å². The third-order valence-corrected chi connectivity index (χ3v) is 5.28. The zero-order valence-corrected chi connectivity index (χ0v) is 13.4. The van der Waals surface area contributed by atoms with Crippen LogP contribution in [0.3, 0.4) is 0 Å². The van der Waals surface area contributed by atoms with Gasteiger partial charge in [0.25, 0.3) is 5.91 Å². The van der Waals surface area contributed by atoms with Gasteiger partial charge in [0.15, 0.2) is 0 Å². The summed E-state index contributed by atoms with van der Waals surface area (Å²) >= 11 is 3.01. The Morgan fingerprint density at radius 3 is 2.86 bits per heavy atom. The lowest BCUT2D eigenvalue weighted by molar-refractivity contribution is 0.0956. The lowest BCUT2D eigenvalue weighted by Gasteiger charge is -2.02. The number of nitrogens with one attached hydrogen (secondary N) is 1. The van der Waals surface area contributed by atoms with Crippen LogP contribution in [0.1, 0.15) is 25.1 Å². The molecule has 0 spiro atoms. The number of anilines is 1. The van der Waals surface area contributed by atoms with Crippen LogP contribution in [0.5, 0.6) is 0 Å². The summed E-state index contributed by atoms with van der Waals surface area (Å²) in [6.45, 7) is 4.45. The number of thiazole rings is 1. The van der Waals surface area contributed by atoms with Crippen LogP contribution in [0.15, 0.2) is 24.4 Å². The summed E-state index contributed by atoms with van der Waals surface area (Å²) in [7, 11) is 0. The number of carbonyl (C=O) groups is 1. The van der Waals surface area contributed by atoms with Gasteiger partial charge < -0.3 is 11.1 Å². The van der Waals surface area contributed by atoms with Crippen molar-refractivity contribution in [2.45, 2.75) is 20.4 Å². The molecule has 1 amide bonds. The van der Waals surface area contributed by atoms with Crippen LogP contribution in [-0.4, -0.2) is 10.9 Å². The molecule has 0 aliphatic heterocycles. The Morgan fingerprint density at radius 2 is 2.14 bits per heavy atom. The van der Waals surface area contributed by atoms with E-state index < -0.39 is 0 Å². The number of amides is 1. The third kappa shape index (κ3) is 2.77. The molecule has 0 radical (unpaired) electrons. The highest BCUT2D eigenvalue weighted by Crippen LogP contribution is 2.34. The van der Waals surface area contributed by atoms with Crippen LogP contribution in [0.4, 0.5) is 5.69 Å². The fraction of sp³-hybridized carbons (Fsp3) is 0.200. The van der Waals surface area contributed by atoms with Crippen LogP contribution < -0.4 is 11.1 Å². The van der Waals surface area contributed by atoms with E-state index in [1.165, 1.54) is 11.3 Å². The van der Waals surface area contributed by atoms with E-state index in [9.17, 15) is 4.79 Å². The first-order valence-corrected chi connectivity index (χ1v) is 8.16. The summed E-state index contributed by atoms with van der Waals surface area (Å²) in [5.41, 5.74) is 7.83. The zero-order chi connectivity index (χ0) is 15.0. The molecule has 2 aromatic heterocycles. The SMILES string of the molecule is Cc1ccc2sc(C(=O)NCc3cnc(C)s3)c(N)c2c1. The fourth-order valence-corrected chi connectivity index (χ4v) is 3.89. The molecule has 0 saturated heterocycles. The van der Waals surface area contributed by atoms with Crippen molar-refractivity contribution in [3.05, 3.63) is 44.7 Å². The maximum absolute atomic E-state index is 12.3. The summed E-state index contributed by atoms with van der Waals surface area (Å²) < 4.78 is 1.04. The van der Waals surface area contributed by atoms with E-state index in [4.69, 9.17) is 5.73 Å². The van der Waals surface area contributed by atoms with E-state index >= 15 is 0 Å². The van der Waals surface area contributed by atoms with Gasteiger partial charge in [-0.15, -0.1) is 22.7 Å². The largest absolute Gasteiger partial charge is 0.397 e. The lowest BCUT2D eigenvalue weighted by atomic mass is 10.1. The van der Waals surface area contributed by atoms with Gasteiger partial charge in [0, 0.05) is 21.2 Å². The van der Waals surface area contributed by atoms with Crippen molar-refractivity contribution < 1.29 is 4.79 Å². The highest BCUT2D eigenvalue weighted by Gasteiger charge is 2.16. The smallest absolute Gasteiger partial charge is 0.263 e. The minimum atomic E-state index is -0.127. The molecule has 3 aromatic rings. The van der Waals surface area contributed by atoms with Gasteiger partial charge >= 0.3 is 0 Å². The van der Waals surface area contributed by atoms with Crippen molar-refractivity contribution >= 4 is 44.4 Å². The molecule has 2 heterocycles. The second kappa shape index (κ2) is 5.46. The fourth-order valence-electron chi connectivity index (χ4n) is 2.13. The Hall–Kier alpha value is -1.92. The zero-order valence-electron chi connectivity index (χ0n) is 11.8. The van der Waals surface area contributed by atoms with Crippen molar-refractivity contribution in [1.82, 2.24) is 10.3 Å². The number of nitrogens with two attached hydrogens (primary N) is 1. The summed E-state index contributed by atoms with van der Waals surface area (Å²) in [4.78, 5) is 18.1. The Labute approximate surface area is 130 Å². The maximum atomic E-state index is 12.3. The summed E-state index contributed by atoms with van der Waals surface area (Å²) in [6, 6.07) is 6.06. The first-order chi connectivity index (χ1) is 10.0. The number of aryl methyl sites for hydroxylation is 2. The molecule has 0 unspecified atom stereocenters. The van der Waals surface area contributed by atoms with E-state index in [-0.39, 0.29) is 5.91 Å². The van der Waals surface area contributed by atoms with Crippen molar-refractivity contribution in [3.63, 3.8) is 0 Å². The first-order valence-electron chi connectivity index (χ1n) is 6.52. The highest BCUT2D eigenvalue weighted by molar-refractivity contribution is 7.21. The summed E-state index contributed by atoms with van der Waals surface area (Å²) in [5.74, 6) is -0.127. The molecule has 0 aliphatic carbocycles. The molecule has 1 aromatic carbocycles. The average Bonchev–Trinajstić information content (AvgIpc) is 3.01. The predicted octanol–water partition coefficient (Wildman–Crippen LogP) is 3.49. The van der Waals surface area contributed by atoms with E-state index in [1.807, 2.05) is 32.0 Å². The molecule has 108 valence electrons. The van der Waals surface area contributed by atoms with Crippen LogP contribution in [0.2, 0.25) is 0 Å². The molecule has 0 fully saturated rings. The second-order valence-electron chi connectivity index (χ2n) is 4.87. The molecule has 0 aliphatic rings. The van der Waals surface area contributed by atoms with Gasteiger partial charge in [0.05, 0.1) is 17.2 Å². The maximum Gasteiger partial charge on any atom is 0.263 e. The summed E-state index contributed by atoms with van der Waals surface area (Å²) in [6.07, 6.45) is 1.79. The monoisotopic (exact) mass is 317 g/mol. The van der Waals surface area contributed by atoms with Crippen LogP contribution in [-0.2, 0) is 6.54 Å². The average molecular weight is 317 g/mol. The molecule has 3 N–H and O–H groups in total. The second-order valence-corrected chi connectivity index (χ2v) is 7.24. The number of thiophene rings is 1. The number of carbonyl (C=O) groups excluding carboxylic acids is 1. The molecule has 0 saturated carbocycles. The van der Waals surface area contributed by atoms with Crippen molar-refractivity contribution in [2.24, 2.45) is 0 Å².